The molecule has 20 heavy (non-hydrogen) atoms. The zero-order valence-electron chi connectivity index (χ0n) is 12.3. The van der Waals surface area contributed by atoms with E-state index in [1.54, 1.807) is 12.1 Å². The molecule has 1 fully saturated rings. The van der Waals surface area contributed by atoms with E-state index in [0.29, 0.717) is 17.2 Å². The van der Waals surface area contributed by atoms with E-state index in [1.165, 1.54) is 32.1 Å². The SMILES string of the molecule is CCCS(=O)(=O)c1ccccc1NCC1CCCCC1. The van der Waals surface area contributed by atoms with Gasteiger partial charge in [0.15, 0.2) is 9.84 Å². The van der Waals surface area contributed by atoms with Crippen LogP contribution in [0.25, 0.3) is 0 Å². The molecule has 112 valence electrons. The molecular weight excluding hydrogens is 270 g/mol. The van der Waals surface area contributed by atoms with Gasteiger partial charge in [0.05, 0.1) is 16.3 Å². The Labute approximate surface area is 122 Å². The second-order valence-electron chi connectivity index (χ2n) is 5.70. The predicted octanol–water partition coefficient (Wildman–Crippen LogP) is 3.86. The molecule has 0 aliphatic heterocycles. The van der Waals surface area contributed by atoms with Gasteiger partial charge in [-0.05, 0) is 37.3 Å². The lowest BCUT2D eigenvalue weighted by molar-refractivity contribution is 0.373. The standard InChI is InChI=1S/C16H25NO2S/c1-2-12-20(18,19)16-11-7-6-10-15(16)17-13-14-8-4-3-5-9-14/h6-7,10-11,14,17H,2-5,8-9,12-13H2,1H3. The summed E-state index contributed by atoms with van der Waals surface area (Å²) in [5.74, 6) is 0.903. The van der Waals surface area contributed by atoms with Gasteiger partial charge in [0.25, 0.3) is 0 Å². The Morgan fingerprint density at radius 3 is 2.55 bits per heavy atom. The number of benzene rings is 1. The molecule has 0 heterocycles. The molecule has 4 heteroatoms. The summed E-state index contributed by atoms with van der Waals surface area (Å²) in [5, 5.41) is 3.37. The monoisotopic (exact) mass is 295 g/mol. The highest BCUT2D eigenvalue weighted by Gasteiger charge is 2.18. The summed E-state index contributed by atoms with van der Waals surface area (Å²) >= 11 is 0. The van der Waals surface area contributed by atoms with Gasteiger partial charge in [0, 0.05) is 6.54 Å². The third-order valence-electron chi connectivity index (χ3n) is 4.00. The van der Waals surface area contributed by atoms with Crippen molar-refractivity contribution in [3.05, 3.63) is 24.3 Å². The molecule has 0 saturated heterocycles. The van der Waals surface area contributed by atoms with Gasteiger partial charge >= 0.3 is 0 Å². The first kappa shape index (κ1) is 15.4. The Bertz CT molecular complexity index is 519. The normalized spacial score (nSPS) is 17.1. The molecule has 1 aromatic carbocycles. The van der Waals surface area contributed by atoms with Gasteiger partial charge in [-0.3, -0.25) is 0 Å². The zero-order valence-corrected chi connectivity index (χ0v) is 13.1. The van der Waals surface area contributed by atoms with Crippen molar-refractivity contribution < 1.29 is 8.42 Å². The highest BCUT2D eigenvalue weighted by atomic mass is 32.2. The maximum Gasteiger partial charge on any atom is 0.180 e. The molecular formula is C16H25NO2S. The van der Waals surface area contributed by atoms with Crippen LogP contribution in [-0.4, -0.2) is 20.7 Å². The first-order valence-corrected chi connectivity index (χ1v) is 9.34. The second-order valence-corrected chi connectivity index (χ2v) is 7.78. The van der Waals surface area contributed by atoms with Crippen LogP contribution in [-0.2, 0) is 9.84 Å². The Kier molecular flexibility index (Phi) is 5.46. The Balaban J connectivity index is 2.07. The van der Waals surface area contributed by atoms with Gasteiger partial charge in [-0.15, -0.1) is 0 Å². The van der Waals surface area contributed by atoms with E-state index >= 15 is 0 Å². The van der Waals surface area contributed by atoms with Crippen LogP contribution < -0.4 is 5.32 Å². The van der Waals surface area contributed by atoms with E-state index in [1.807, 2.05) is 19.1 Å². The number of rotatable bonds is 6. The quantitative estimate of drug-likeness (QED) is 0.866. The van der Waals surface area contributed by atoms with Gasteiger partial charge in [-0.25, -0.2) is 8.42 Å². The molecule has 0 aromatic heterocycles. The summed E-state index contributed by atoms with van der Waals surface area (Å²) in [6, 6.07) is 7.29. The summed E-state index contributed by atoms with van der Waals surface area (Å²) in [7, 11) is -3.16. The summed E-state index contributed by atoms with van der Waals surface area (Å²) in [6.45, 7) is 2.79. The van der Waals surface area contributed by atoms with Crippen LogP contribution >= 0.6 is 0 Å². The van der Waals surface area contributed by atoms with Gasteiger partial charge < -0.3 is 5.32 Å². The third kappa shape index (κ3) is 3.98. The summed E-state index contributed by atoms with van der Waals surface area (Å²) in [4.78, 5) is 0.456. The third-order valence-corrected chi connectivity index (χ3v) is 5.97. The van der Waals surface area contributed by atoms with Crippen LogP contribution in [0.5, 0.6) is 0 Å². The number of para-hydroxylation sites is 1. The number of hydrogen-bond donors (Lipinski definition) is 1. The highest BCUT2D eigenvalue weighted by molar-refractivity contribution is 7.91. The largest absolute Gasteiger partial charge is 0.384 e. The molecule has 0 amide bonds. The lowest BCUT2D eigenvalue weighted by atomic mass is 9.89. The van der Waals surface area contributed by atoms with Gasteiger partial charge in [0.1, 0.15) is 0 Å². The Morgan fingerprint density at radius 2 is 1.85 bits per heavy atom. The smallest absolute Gasteiger partial charge is 0.180 e. The van der Waals surface area contributed by atoms with Crippen LogP contribution in [0.2, 0.25) is 0 Å². The second kappa shape index (κ2) is 7.11. The molecule has 1 N–H and O–H groups in total. The summed E-state index contributed by atoms with van der Waals surface area (Å²) in [6.07, 6.45) is 7.13. The minimum Gasteiger partial charge on any atom is -0.384 e. The van der Waals surface area contributed by atoms with Crippen molar-refractivity contribution in [3.63, 3.8) is 0 Å². The molecule has 1 aromatic rings. The minimum absolute atomic E-state index is 0.217. The maximum atomic E-state index is 12.3. The summed E-state index contributed by atoms with van der Waals surface area (Å²) < 4.78 is 24.5. The molecule has 0 radical (unpaired) electrons. The molecule has 1 aliphatic rings. The van der Waals surface area contributed by atoms with Gasteiger partial charge in [-0.2, -0.15) is 0 Å². The molecule has 0 bridgehead atoms. The van der Waals surface area contributed by atoms with Crippen LogP contribution in [0.4, 0.5) is 5.69 Å². The first-order valence-electron chi connectivity index (χ1n) is 7.69. The van der Waals surface area contributed by atoms with Crippen LogP contribution in [0, 0.1) is 5.92 Å². The predicted molar refractivity (Wildman–Crippen MR) is 83.9 cm³/mol. The van der Waals surface area contributed by atoms with E-state index in [2.05, 4.69) is 5.32 Å². The van der Waals surface area contributed by atoms with Gasteiger partial charge in [0.2, 0.25) is 0 Å². The molecule has 2 rings (SSSR count). The van der Waals surface area contributed by atoms with Crippen molar-refractivity contribution in [2.45, 2.75) is 50.3 Å². The highest BCUT2D eigenvalue weighted by Crippen LogP contribution is 2.26. The fourth-order valence-corrected chi connectivity index (χ4v) is 4.43. The Morgan fingerprint density at radius 1 is 1.15 bits per heavy atom. The topological polar surface area (TPSA) is 46.2 Å². The van der Waals surface area contributed by atoms with Crippen molar-refractivity contribution in [2.75, 3.05) is 17.6 Å². The fraction of sp³-hybridized carbons (Fsp3) is 0.625. The summed E-state index contributed by atoms with van der Waals surface area (Å²) in [5.41, 5.74) is 0.770. The molecule has 0 unspecified atom stereocenters. The van der Waals surface area contributed by atoms with E-state index in [9.17, 15) is 8.42 Å². The van der Waals surface area contributed by atoms with E-state index < -0.39 is 9.84 Å². The zero-order chi connectivity index (χ0) is 14.4. The fourth-order valence-electron chi connectivity index (χ4n) is 2.91. The number of sulfone groups is 1. The number of anilines is 1. The van der Waals surface area contributed by atoms with Crippen LogP contribution in [0.15, 0.2) is 29.2 Å². The van der Waals surface area contributed by atoms with Crippen LogP contribution in [0.1, 0.15) is 45.4 Å². The van der Waals surface area contributed by atoms with E-state index in [0.717, 1.165) is 12.2 Å². The molecule has 1 aliphatic carbocycles. The van der Waals surface area contributed by atoms with Gasteiger partial charge in [-0.1, -0.05) is 38.3 Å². The maximum absolute atomic E-state index is 12.3. The molecule has 0 spiro atoms. The first-order chi connectivity index (χ1) is 9.63. The van der Waals surface area contributed by atoms with Crippen molar-refractivity contribution in [2.24, 2.45) is 5.92 Å². The average molecular weight is 295 g/mol. The lowest BCUT2D eigenvalue weighted by Crippen LogP contribution is -2.18. The molecule has 3 nitrogen and oxygen atoms in total. The minimum atomic E-state index is -3.16. The van der Waals surface area contributed by atoms with Crippen molar-refractivity contribution in [1.29, 1.82) is 0 Å². The van der Waals surface area contributed by atoms with Crippen LogP contribution in [0.3, 0.4) is 0 Å². The average Bonchev–Trinajstić information content (AvgIpc) is 2.46. The lowest BCUT2D eigenvalue weighted by Gasteiger charge is -2.23. The van der Waals surface area contributed by atoms with Crippen molar-refractivity contribution in [3.8, 4) is 0 Å². The van der Waals surface area contributed by atoms with E-state index in [4.69, 9.17) is 0 Å². The number of nitrogens with one attached hydrogen (secondary N) is 1. The molecule has 1 saturated carbocycles. The van der Waals surface area contributed by atoms with E-state index in [-0.39, 0.29) is 5.75 Å². The molecule has 0 atom stereocenters. The Hall–Kier alpha value is -1.03. The van der Waals surface area contributed by atoms with Crippen molar-refractivity contribution >= 4 is 15.5 Å². The number of hydrogen-bond acceptors (Lipinski definition) is 3. The van der Waals surface area contributed by atoms with Crippen molar-refractivity contribution in [1.82, 2.24) is 0 Å².